The topological polar surface area (TPSA) is 97.0 Å². The van der Waals surface area contributed by atoms with E-state index in [1.165, 1.54) is 12.5 Å². The Bertz CT molecular complexity index is 961. The van der Waals surface area contributed by atoms with Gasteiger partial charge in [0.2, 0.25) is 5.89 Å². The number of nitrogens with zero attached hydrogens (tertiary/aromatic N) is 5. The molecule has 144 valence electrons. The van der Waals surface area contributed by atoms with Gasteiger partial charge in [-0.05, 0) is 31.4 Å². The Hall–Kier alpha value is -3.00. The molecular weight excluding hydrogens is 380 g/mol. The number of oxazole rings is 1. The predicted molar refractivity (Wildman–Crippen MR) is 104 cm³/mol. The molecule has 1 fully saturated rings. The van der Waals surface area contributed by atoms with Gasteiger partial charge in [0, 0.05) is 25.3 Å². The van der Waals surface area contributed by atoms with Gasteiger partial charge in [-0.3, -0.25) is 4.79 Å². The molecule has 4 rings (SSSR count). The fraction of sp³-hybridized carbons (Fsp3) is 0.316. The fourth-order valence-electron chi connectivity index (χ4n) is 3.28. The highest BCUT2D eigenvalue weighted by Gasteiger charge is 2.28. The summed E-state index contributed by atoms with van der Waals surface area (Å²) in [6, 6.07) is 1.94. The van der Waals surface area contributed by atoms with E-state index >= 15 is 0 Å². The molecule has 8 nitrogen and oxygen atoms in total. The number of carbonyl (C=O) groups excluding carboxylic acids is 1. The van der Waals surface area contributed by atoms with E-state index in [1.807, 2.05) is 13.0 Å². The number of carbonyl (C=O) groups is 1. The summed E-state index contributed by atoms with van der Waals surface area (Å²) in [4.78, 5) is 31.8. The average molecular weight is 399 g/mol. The van der Waals surface area contributed by atoms with Gasteiger partial charge < -0.3 is 14.6 Å². The summed E-state index contributed by atoms with van der Waals surface area (Å²) >= 11 is 5.78. The minimum absolute atomic E-state index is 0.0730. The van der Waals surface area contributed by atoms with Gasteiger partial charge in [-0.25, -0.2) is 19.9 Å². The van der Waals surface area contributed by atoms with Gasteiger partial charge in [-0.15, -0.1) is 0 Å². The van der Waals surface area contributed by atoms with E-state index in [0.717, 1.165) is 18.4 Å². The summed E-state index contributed by atoms with van der Waals surface area (Å²) in [5.74, 6) is 0.891. The van der Waals surface area contributed by atoms with E-state index in [-0.39, 0.29) is 11.9 Å². The zero-order chi connectivity index (χ0) is 19.5. The van der Waals surface area contributed by atoms with E-state index in [0.29, 0.717) is 41.2 Å². The van der Waals surface area contributed by atoms with Crippen LogP contribution in [0.25, 0.3) is 11.5 Å². The van der Waals surface area contributed by atoms with Crippen molar-refractivity contribution in [1.82, 2.24) is 24.8 Å². The van der Waals surface area contributed by atoms with Crippen LogP contribution in [0.4, 0.5) is 5.82 Å². The van der Waals surface area contributed by atoms with Crippen molar-refractivity contribution in [1.29, 1.82) is 0 Å². The van der Waals surface area contributed by atoms with Crippen LogP contribution in [0.1, 0.15) is 28.9 Å². The zero-order valence-corrected chi connectivity index (χ0v) is 16.1. The van der Waals surface area contributed by atoms with Gasteiger partial charge in [-0.2, -0.15) is 0 Å². The summed E-state index contributed by atoms with van der Waals surface area (Å²) in [6.45, 7) is 3.13. The van der Waals surface area contributed by atoms with Gasteiger partial charge >= 0.3 is 0 Å². The third-order valence-electron chi connectivity index (χ3n) is 4.57. The van der Waals surface area contributed by atoms with Crippen LogP contribution in [-0.2, 0) is 0 Å². The Kier molecular flexibility index (Phi) is 5.21. The number of anilines is 1. The van der Waals surface area contributed by atoms with Gasteiger partial charge in [0.15, 0.2) is 0 Å². The number of amides is 1. The molecule has 0 aliphatic carbocycles. The van der Waals surface area contributed by atoms with E-state index in [1.54, 1.807) is 23.5 Å². The summed E-state index contributed by atoms with van der Waals surface area (Å²) < 4.78 is 5.40. The highest BCUT2D eigenvalue weighted by atomic mass is 35.5. The Morgan fingerprint density at radius 3 is 2.89 bits per heavy atom. The number of pyridine rings is 1. The molecule has 0 saturated carbocycles. The standard InChI is InChI=1S/C19H19ClN6O2/c1-12-7-14(18-21-4-6-28-18)17(24-8-12)19(27)26-5-2-3-13(11-26)25-16-10-22-15(20)9-23-16/h4,6-10,13H,2-3,5,11H2,1H3,(H,23,25)/t13-/m1/s1. The van der Waals surface area contributed by atoms with E-state index in [9.17, 15) is 4.79 Å². The lowest BCUT2D eigenvalue weighted by molar-refractivity contribution is 0.0709. The largest absolute Gasteiger partial charge is 0.444 e. The molecule has 0 radical (unpaired) electrons. The first kappa shape index (κ1) is 18.4. The van der Waals surface area contributed by atoms with Crippen molar-refractivity contribution in [3.8, 4) is 11.5 Å². The minimum atomic E-state index is -0.137. The predicted octanol–water partition coefficient (Wildman–Crippen LogP) is 3.21. The quantitative estimate of drug-likeness (QED) is 0.720. The van der Waals surface area contributed by atoms with Gasteiger partial charge in [0.25, 0.3) is 5.91 Å². The number of hydrogen-bond donors (Lipinski definition) is 1. The van der Waals surface area contributed by atoms with Crippen LogP contribution in [0.5, 0.6) is 0 Å². The molecule has 1 aliphatic rings. The van der Waals surface area contributed by atoms with E-state index in [2.05, 4.69) is 25.3 Å². The lowest BCUT2D eigenvalue weighted by Crippen LogP contribution is -2.45. The van der Waals surface area contributed by atoms with Crippen LogP contribution in [0.2, 0.25) is 5.15 Å². The van der Waals surface area contributed by atoms with Crippen LogP contribution >= 0.6 is 11.6 Å². The van der Waals surface area contributed by atoms with Crippen molar-refractivity contribution >= 4 is 23.3 Å². The number of aryl methyl sites for hydroxylation is 1. The number of halogens is 1. The first-order valence-corrected chi connectivity index (χ1v) is 9.38. The SMILES string of the molecule is Cc1cnc(C(=O)N2CCC[C@@H](Nc3cnc(Cl)cn3)C2)c(-c2ncco2)c1. The highest BCUT2D eigenvalue weighted by molar-refractivity contribution is 6.29. The van der Waals surface area contributed by atoms with E-state index in [4.69, 9.17) is 16.0 Å². The minimum Gasteiger partial charge on any atom is -0.444 e. The first-order valence-electron chi connectivity index (χ1n) is 9.00. The Labute approximate surface area is 167 Å². The zero-order valence-electron chi connectivity index (χ0n) is 15.3. The Morgan fingerprint density at radius 2 is 2.14 bits per heavy atom. The molecule has 0 bridgehead atoms. The van der Waals surface area contributed by atoms with Crippen molar-refractivity contribution < 1.29 is 9.21 Å². The molecule has 3 aromatic heterocycles. The van der Waals surface area contributed by atoms with Gasteiger partial charge in [-0.1, -0.05) is 11.6 Å². The first-order chi connectivity index (χ1) is 13.6. The number of likely N-dealkylation sites (tertiary alicyclic amines) is 1. The molecule has 0 unspecified atom stereocenters. The summed E-state index contributed by atoms with van der Waals surface area (Å²) in [5.41, 5.74) is 1.89. The maximum atomic E-state index is 13.2. The molecular formula is C19H19ClN6O2. The van der Waals surface area contributed by atoms with Crippen LogP contribution in [0.15, 0.2) is 41.5 Å². The second-order valence-electron chi connectivity index (χ2n) is 6.71. The van der Waals surface area contributed by atoms with Gasteiger partial charge in [0.1, 0.15) is 22.9 Å². The molecule has 1 amide bonds. The molecule has 28 heavy (non-hydrogen) atoms. The second-order valence-corrected chi connectivity index (χ2v) is 7.09. The normalized spacial score (nSPS) is 16.8. The van der Waals surface area contributed by atoms with Crippen LogP contribution in [0, 0.1) is 6.92 Å². The molecule has 9 heteroatoms. The van der Waals surface area contributed by atoms with Crippen LogP contribution in [-0.4, -0.2) is 49.9 Å². The molecule has 1 aliphatic heterocycles. The highest BCUT2D eigenvalue weighted by Crippen LogP contribution is 2.24. The number of piperidine rings is 1. The average Bonchev–Trinajstić information content (AvgIpc) is 3.24. The summed E-state index contributed by atoms with van der Waals surface area (Å²) in [5, 5.41) is 3.66. The molecule has 3 aromatic rings. The summed E-state index contributed by atoms with van der Waals surface area (Å²) in [7, 11) is 0. The monoisotopic (exact) mass is 398 g/mol. The summed E-state index contributed by atoms with van der Waals surface area (Å²) in [6.07, 6.45) is 9.62. The number of aromatic nitrogens is 4. The smallest absolute Gasteiger partial charge is 0.273 e. The second kappa shape index (κ2) is 7.93. The lowest BCUT2D eigenvalue weighted by Gasteiger charge is -2.33. The van der Waals surface area contributed by atoms with Crippen molar-refractivity contribution in [3.63, 3.8) is 0 Å². The third-order valence-corrected chi connectivity index (χ3v) is 4.77. The maximum Gasteiger partial charge on any atom is 0.273 e. The fourth-order valence-corrected chi connectivity index (χ4v) is 3.38. The third kappa shape index (κ3) is 3.96. The van der Waals surface area contributed by atoms with Crippen LogP contribution in [0.3, 0.4) is 0 Å². The molecule has 0 aromatic carbocycles. The van der Waals surface area contributed by atoms with Crippen molar-refractivity contribution in [3.05, 3.63) is 53.5 Å². The molecule has 0 spiro atoms. The molecule has 1 N–H and O–H groups in total. The lowest BCUT2D eigenvalue weighted by atomic mass is 10.0. The maximum absolute atomic E-state index is 13.2. The van der Waals surface area contributed by atoms with Crippen molar-refractivity contribution in [2.24, 2.45) is 0 Å². The van der Waals surface area contributed by atoms with Crippen LogP contribution < -0.4 is 5.32 Å². The Morgan fingerprint density at radius 1 is 1.25 bits per heavy atom. The molecule has 1 saturated heterocycles. The molecule has 1 atom stereocenters. The number of hydrogen-bond acceptors (Lipinski definition) is 7. The number of rotatable bonds is 4. The van der Waals surface area contributed by atoms with Gasteiger partial charge in [0.05, 0.1) is 24.2 Å². The molecule has 4 heterocycles. The Balaban J connectivity index is 1.53. The van der Waals surface area contributed by atoms with Crippen molar-refractivity contribution in [2.75, 3.05) is 18.4 Å². The van der Waals surface area contributed by atoms with E-state index < -0.39 is 0 Å². The van der Waals surface area contributed by atoms with Crippen molar-refractivity contribution in [2.45, 2.75) is 25.8 Å². The number of nitrogens with one attached hydrogen (secondary N) is 1.